The fourth-order valence-electron chi connectivity index (χ4n) is 2.65. The van der Waals surface area contributed by atoms with Crippen LogP contribution in [0.5, 0.6) is 5.75 Å². The summed E-state index contributed by atoms with van der Waals surface area (Å²) in [5, 5.41) is 4.07. The molecule has 0 spiro atoms. The van der Waals surface area contributed by atoms with E-state index in [1.807, 2.05) is 42.6 Å². The zero-order valence-electron chi connectivity index (χ0n) is 14.0. The number of methoxy groups -OCH3 is 1. The Morgan fingerprint density at radius 2 is 1.92 bits per heavy atom. The fourth-order valence-corrected chi connectivity index (χ4v) is 4.40. The van der Waals surface area contributed by atoms with E-state index in [-0.39, 0.29) is 11.4 Å². The van der Waals surface area contributed by atoms with Crippen LogP contribution >= 0.6 is 11.3 Å². The van der Waals surface area contributed by atoms with E-state index < -0.39 is 10.0 Å². The van der Waals surface area contributed by atoms with Gasteiger partial charge in [-0.25, -0.2) is 13.1 Å². The number of hydrogen-bond acceptors (Lipinski definition) is 4. The van der Waals surface area contributed by atoms with Crippen molar-refractivity contribution in [1.82, 2.24) is 4.72 Å². The van der Waals surface area contributed by atoms with E-state index in [0.29, 0.717) is 5.75 Å². The number of nitrogens with one attached hydrogen (secondary N) is 1. The zero-order chi connectivity index (χ0) is 17.9. The molecule has 0 fully saturated rings. The van der Waals surface area contributed by atoms with Crippen molar-refractivity contribution >= 4 is 21.4 Å². The van der Waals surface area contributed by atoms with Crippen LogP contribution < -0.4 is 9.46 Å². The highest BCUT2D eigenvalue weighted by atomic mass is 32.2. The molecule has 0 atom stereocenters. The molecule has 2 aromatic carbocycles. The Labute approximate surface area is 152 Å². The van der Waals surface area contributed by atoms with E-state index in [1.54, 1.807) is 36.6 Å². The lowest BCUT2D eigenvalue weighted by Gasteiger charge is -2.12. The van der Waals surface area contributed by atoms with Gasteiger partial charge in [0.05, 0.1) is 12.0 Å². The molecule has 3 aromatic rings. The molecule has 0 saturated carbocycles. The molecule has 25 heavy (non-hydrogen) atoms. The third-order valence-electron chi connectivity index (χ3n) is 3.98. The summed E-state index contributed by atoms with van der Waals surface area (Å²) < 4.78 is 33.1. The summed E-state index contributed by atoms with van der Waals surface area (Å²) >= 11 is 1.62. The number of benzene rings is 2. The van der Waals surface area contributed by atoms with E-state index in [4.69, 9.17) is 4.74 Å². The molecule has 0 aliphatic carbocycles. The van der Waals surface area contributed by atoms with Crippen molar-refractivity contribution in [2.75, 3.05) is 7.11 Å². The number of aryl methyl sites for hydroxylation is 1. The van der Waals surface area contributed by atoms with Crippen molar-refractivity contribution in [3.63, 3.8) is 0 Å². The van der Waals surface area contributed by atoms with Crippen molar-refractivity contribution in [2.24, 2.45) is 0 Å². The second-order valence-electron chi connectivity index (χ2n) is 5.63. The molecule has 0 aliphatic rings. The maximum atomic E-state index is 12.6. The van der Waals surface area contributed by atoms with Gasteiger partial charge in [-0.05, 0) is 64.2 Å². The first-order chi connectivity index (χ1) is 12.0. The lowest BCUT2D eigenvalue weighted by molar-refractivity contribution is 0.411. The summed E-state index contributed by atoms with van der Waals surface area (Å²) in [6.45, 7) is 2.06. The molecule has 0 saturated heterocycles. The molecule has 0 radical (unpaired) electrons. The largest absolute Gasteiger partial charge is 0.496 e. The van der Waals surface area contributed by atoms with Gasteiger partial charge in [-0.3, -0.25) is 0 Å². The summed E-state index contributed by atoms with van der Waals surface area (Å²) in [7, 11) is -2.03. The first-order valence-corrected chi connectivity index (χ1v) is 10.2. The third-order valence-corrected chi connectivity index (χ3v) is 6.06. The Morgan fingerprint density at radius 1 is 1.12 bits per heavy atom. The van der Waals surface area contributed by atoms with Crippen LogP contribution in [0.15, 0.2) is 64.2 Å². The highest BCUT2D eigenvalue weighted by Crippen LogP contribution is 2.26. The highest BCUT2D eigenvalue weighted by molar-refractivity contribution is 7.89. The van der Waals surface area contributed by atoms with Crippen molar-refractivity contribution in [2.45, 2.75) is 18.4 Å². The first-order valence-electron chi connectivity index (χ1n) is 7.76. The lowest BCUT2D eigenvalue weighted by atomic mass is 10.0. The van der Waals surface area contributed by atoms with Gasteiger partial charge in [-0.15, -0.1) is 0 Å². The van der Waals surface area contributed by atoms with Crippen LogP contribution in [0.3, 0.4) is 0 Å². The Bertz CT molecular complexity index is 964. The molecule has 1 heterocycles. The maximum absolute atomic E-state index is 12.6. The van der Waals surface area contributed by atoms with Gasteiger partial charge >= 0.3 is 0 Å². The number of thiophene rings is 1. The zero-order valence-corrected chi connectivity index (χ0v) is 15.7. The van der Waals surface area contributed by atoms with Crippen LogP contribution in [-0.4, -0.2) is 15.5 Å². The minimum Gasteiger partial charge on any atom is -0.496 e. The maximum Gasteiger partial charge on any atom is 0.240 e. The van der Waals surface area contributed by atoms with Crippen LogP contribution in [0.2, 0.25) is 0 Å². The Morgan fingerprint density at radius 3 is 2.60 bits per heavy atom. The summed E-state index contributed by atoms with van der Waals surface area (Å²) in [6.07, 6.45) is 0. The SMILES string of the molecule is COc1ccc(S(=O)(=O)NCc2ccccc2-c2ccsc2)cc1C. The topological polar surface area (TPSA) is 55.4 Å². The van der Waals surface area contributed by atoms with Crippen molar-refractivity contribution in [3.8, 4) is 16.9 Å². The third kappa shape index (κ3) is 3.92. The molecular formula is C19H19NO3S2. The van der Waals surface area contributed by atoms with Gasteiger partial charge in [0.1, 0.15) is 5.75 Å². The molecule has 3 rings (SSSR count). The smallest absolute Gasteiger partial charge is 0.240 e. The van der Waals surface area contributed by atoms with Crippen LogP contribution in [-0.2, 0) is 16.6 Å². The minimum absolute atomic E-state index is 0.235. The summed E-state index contributed by atoms with van der Waals surface area (Å²) in [4.78, 5) is 0.235. The lowest BCUT2D eigenvalue weighted by Crippen LogP contribution is -2.23. The molecule has 0 amide bonds. The van der Waals surface area contributed by atoms with Gasteiger partial charge in [0.15, 0.2) is 0 Å². The summed E-state index contributed by atoms with van der Waals surface area (Å²) in [6, 6.07) is 14.7. The van der Waals surface area contributed by atoms with Crippen molar-refractivity contribution in [1.29, 1.82) is 0 Å². The fraction of sp³-hybridized carbons (Fsp3) is 0.158. The molecule has 0 bridgehead atoms. The molecule has 4 nitrogen and oxygen atoms in total. The Balaban J connectivity index is 1.83. The molecule has 6 heteroatoms. The van der Waals surface area contributed by atoms with E-state index in [2.05, 4.69) is 10.1 Å². The monoisotopic (exact) mass is 373 g/mol. The number of rotatable bonds is 6. The van der Waals surface area contributed by atoms with Gasteiger partial charge in [-0.1, -0.05) is 24.3 Å². The van der Waals surface area contributed by atoms with Crippen LogP contribution in [0, 0.1) is 6.92 Å². The van der Waals surface area contributed by atoms with Crippen LogP contribution in [0.4, 0.5) is 0 Å². The summed E-state index contributed by atoms with van der Waals surface area (Å²) in [5.41, 5.74) is 3.86. The number of ether oxygens (including phenoxy) is 1. The summed E-state index contributed by atoms with van der Waals surface area (Å²) in [5.74, 6) is 0.668. The average Bonchev–Trinajstić information content (AvgIpc) is 3.14. The van der Waals surface area contributed by atoms with Gasteiger partial charge in [-0.2, -0.15) is 11.3 Å². The van der Waals surface area contributed by atoms with Crippen LogP contribution in [0.1, 0.15) is 11.1 Å². The predicted molar refractivity (Wildman–Crippen MR) is 102 cm³/mol. The number of sulfonamides is 1. The average molecular weight is 373 g/mol. The number of hydrogen-bond donors (Lipinski definition) is 1. The van der Waals surface area contributed by atoms with E-state index in [9.17, 15) is 8.42 Å². The minimum atomic E-state index is -3.59. The van der Waals surface area contributed by atoms with Crippen molar-refractivity contribution < 1.29 is 13.2 Å². The molecule has 130 valence electrons. The van der Waals surface area contributed by atoms with Gasteiger partial charge in [0, 0.05) is 6.54 Å². The van der Waals surface area contributed by atoms with Crippen LogP contribution in [0.25, 0.3) is 11.1 Å². The second kappa shape index (κ2) is 7.39. The quantitative estimate of drug-likeness (QED) is 0.704. The standard InChI is InChI=1S/C19H19NO3S2/c1-14-11-17(7-8-19(14)23-2)25(21,22)20-12-15-5-3-4-6-18(15)16-9-10-24-13-16/h3-11,13,20H,12H2,1-2H3. The molecular weight excluding hydrogens is 354 g/mol. The van der Waals surface area contributed by atoms with Crippen molar-refractivity contribution in [3.05, 3.63) is 70.4 Å². The first kappa shape index (κ1) is 17.7. The predicted octanol–water partition coefficient (Wildman–Crippen LogP) is 4.21. The molecule has 1 N–H and O–H groups in total. The Kier molecular flexibility index (Phi) is 5.22. The van der Waals surface area contributed by atoms with Gasteiger partial charge in [0.2, 0.25) is 10.0 Å². The second-order valence-corrected chi connectivity index (χ2v) is 8.17. The van der Waals surface area contributed by atoms with E-state index in [1.165, 1.54) is 0 Å². The Hall–Kier alpha value is -2.15. The van der Waals surface area contributed by atoms with E-state index in [0.717, 1.165) is 22.3 Å². The van der Waals surface area contributed by atoms with Gasteiger partial charge < -0.3 is 4.74 Å². The molecule has 0 aliphatic heterocycles. The molecule has 1 aromatic heterocycles. The van der Waals surface area contributed by atoms with Gasteiger partial charge in [0.25, 0.3) is 0 Å². The van der Waals surface area contributed by atoms with E-state index >= 15 is 0 Å². The highest BCUT2D eigenvalue weighted by Gasteiger charge is 2.16. The normalized spacial score (nSPS) is 11.4. The molecule has 0 unspecified atom stereocenters.